The van der Waals surface area contributed by atoms with E-state index in [-0.39, 0.29) is 11.9 Å². The van der Waals surface area contributed by atoms with Crippen molar-refractivity contribution >= 4 is 11.6 Å². The van der Waals surface area contributed by atoms with Crippen molar-refractivity contribution < 1.29 is 4.79 Å². The Labute approximate surface area is 140 Å². The summed E-state index contributed by atoms with van der Waals surface area (Å²) in [6.07, 6.45) is 5.72. The maximum Gasteiger partial charge on any atom is 0.274 e. The van der Waals surface area contributed by atoms with E-state index in [1.807, 2.05) is 58.5 Å². The van der Waals surface area contributed by atoms with Gasteiger partial charge in [-0.3, -0.25) is 9.48 Å². The molecule has 1 aliphatic rings. The summed E-state index contributed by atoms with van der Waals surface area (Å²) < 4.78 is 3.79. The summed E-state index contributed by atoms with van der Waals surface area (Å²) in [7, 11) is 1.95. The van der Waals surface area contributed by atoms with Gasteiger partial charge in [0.15, 0.2) is 0 Å². The molecular formula is C18H21N5O. The summed E-state index contributed by atoms with van der Waals surface area (Å²) in [5.74, 6) is 0.00357. The Morgan fingerprint density at radius 1 is 1.29 bits per heavy atom. The summed E-state index contributed by atoms with van der Waals surface area (Å²) in [6, 6.07) is 5.87. The fraction of sp³-hybridized carbons (Fsp3) is 0.389. The Bertz CT molecular complexity index is 890. The smallest absolute Gasteiger partial charge is 0.274 e. The fourth-order valence-corrected chi connectivity index (χ4v) is 3.77. The summed E-state index contributed by atoms with van der Waals surface area (Å²) in [5, 5.41) is 4.52. The second kappa shape index (κ2) is 5.47. The molecule has 4 heterocycles. The van der Waals surface area contributed by atoms with E-state index in [1.54, 1.807) is 0 Å². The number of fused-ring (bicyclic) bond motifs is 1. The number of carbonyl (C=O) groups excluding carboxylic acids is 1. The summed E-state index contributed by atoms with van der Waals surface area (Å²) in [6.45, 7) is 4.86. The minimum atomic E-state index is 0.00357. The van der Waals surface area contributed by atoms with Crippen LogP contribution in [-0.2, 0) is 7.05 Å². The number of hydrogen-bond donors (Lipinski definition) is 0. The van der Waals surface area contributed by atoms with Crippen molar-refractivity contribution in [1.82, 2.24) is 24.1 Å². The van der Waals surface area contributed by atoms with E-state index in [0.29, 0.717) is 5.69 Å². The Hall–Kier alpha value is -2.63. The first kappa shape index (κ1) is 14.9. The standard InChI is InChI=1S/C18H21N5O/c1-12-17(13(2)21(3)20-12)15-7-6-10-23(15)18(24)14-11-22-9-5-4-8-16(22)19-14/h4-5,8-9,11,15H,6-7,10H2,1-3H3. The van der Waals surface area contributed by atoms with Crippen molar-refractivity contribution in [3.63, 3.8) is 0 Å². The monoisotopic (exact) mass is 323 g/mol. The molecule has 24 heavy (non-hydrogen) atoms. The fourth-order valence-electron chi connectivity index (χ4n) is 3.77. The molecule has 4 rings (SSSR count). The van der Waals surface area contributed by atoms with Crippen LogP contribution in [0.2, 0.25) is 0 Å². The number of pyridine rings is 1. The molecule has 0 N–H and O–H groups in total. The van der Waals surface area contributed by atoms with Gasteiger partial charge in [-0.25, -0.2) is 4.98 Å². The van der Waals surface area contributed by atoms with Gasteiger partial charge in [0, 0.05) is 37.2 Å². The first-order valence-corrected chi connectivity index (χ1v) is 8.31. The molecule has 1 saturated heterocycles. The molecule has 1 fully saturated rings. The maximum absolute atomic E-state index is 13.1. The van der Waals surface area contributed by atoms with E-state index in [4.69, 9.17) is 0 Å². The lowest BCUT2D eigenvalue weighted by molar-refractivity contribution is 0.0729. The van der Waals surface area contributed by atoms with Crippen molar-refractivity contribution in [2.75, 3.05) is 6.54 Å². The van der Waals surface area contributed by atoms with Crippen LogP contribution in [-0.4, -0.2) is 36.5 Å². The van der Waals surface area contributed by atoms with Gasteiger partial charge < -0.3 is 9.30 Å². The normalized spacial score (nSPS) is 17.8. The van der Waals surface area contributed by atoms with Gasteiger partial charge in [-0.1, -0.05) is 6.07 Å². The van der Waals surface area contributed by atoms with Gasteiger partial charge in [-0.15, -0.1) is 0 Å². The van der Waals surface area contributed by atoms with Gasteiger partial charge >= 0.3 is 0 Å². The zero-order valence-corrected chi connectivity index (χ0v) is 14.2. The predicted molar refractivity (Wildman–Crippen MR) is 90.9 cm³/mol. The number of nitrogens with zero attached hydrogens (tertiary/aromatic N) is 5. The van der Waals surface area contributed by atoms with Gasteiger partial charge in [-0.2, -0.15) is 5.10 Å². The van der Waals surface area contributed by atoms with Gasteiger partial charge in [0.1, 0.15) is 11.3 Å². The van der Waals surface area contributed by atoms with Crippen LogP contribution in [0.3, 0.4) is 0 Å². The molecule has 0 aromatic carbocycles. The lowest BCUT2D eigenvalue weighted by Crippen LogP contribution is -2.31. The third-order valence-corrected chi connectivity index (χ3v) is 4.99. The number of imidazole rings is 1. The van der Waals surface area contributed by atoms with Crippen molar-refractivity contribution in [2.45, 2.75) is 32.7 Å². The van der Waals surface area contributed by atoms with Crippen LogP contribution in [0.15, 0.2) is 30.6 Å². The topological polar surface area (TPSA) is 55.4 Å². The van der Waals surface area contributed by atoms with Crippen LogP contribution in [0, 0.1) is 13.8 Å². The lowest BCUT2D eigenvalue weighted by Gasteiger charge is -2.24. The molecule has 1 unspecified atom stereocenters. The van der Waals surface area contributed by atoms with E-state index < -0.39 is 0 Å². The highest BCUT2D eigenvalue weighted by atomic mass is 16.2. The molecule has 0 saturated carbocycles. The molecule has 1 amide bonds. The zero-order valence-electron chi connectivity index (χ0n) is 14.2. The number of amides is 1. The van der Waals surface area contributed by atoms with Crippen molar-refractivity contribution in [1.29, 1.82) is 0 Å². The van der Waals surface area contributed by atoms with Gasteiger partial charge in [-0.05, 0) is 38.8 Å². The maximum atomic E-state index is 13.1. The van der Waals surface area contributed by atoms with Crippen LogP contribution in [0.4, 0.5) is 0 Å². The van der Waals surface area contributed by atoms with Crippen LogP contribution in [0.25, 0.3) is 5.65 Å². The molecule has 3 aromatic heterocycles. The van der Waals surface area contributed by atoms with Crippen LogP contribution < -0.4 is 0 Å². The van der Waals surface area contributed by atoms with Crippen molar-refractivity contribution in [2.24, 2.45) is 7.05 Å². The zero-order chi connectivity index (χ0) is 16.8. The highest BCUT2D eigenvalue weighted by molar-refractivity contribution is 5.93. The highest BCUT2D eigenvalue weighted by Crippen LogP contribution is 2.36. The van der Waals surface area contributed by atoms with Crippen molar-refractivity contribution in [3.05, 3.63) is 53.2 Å². The number of aromatic nitrogens is 4. The third-order valence-electron chi connectivity index (χ3n) is 4.99. The molecule has 6 heteroatoms. The molecule has 124 valence electrons. The molecule has 1 atom stereocenters. The van der Waals surface area contributed by atoms with E-state index >= 15 is 0 Å². The lowest BCUT2D eigenvalue weighted by atomic mass is 10.0. The van der Waals surface area contributed by atoms with Gasteiger partial charge in [0.05, 0.1) is 11.7 Å². The first-order valence-electron chi connectivity index (χ1n) is 8.31. The molecule has 1 aliphatic heterocycles. The SMILES string of the molecule is Cc1nn(C)c(C)c1C1CCCN1C(=O)c1cn2ccccc2n1. The van der Waals surface area contributed by atoms with E-state index in [0.717, 1.165) is 36.4 Å². The summed E-state index contributed by atoms with van der Waals surface area (Å²) >= 11 is 0. The summed E-state index contributed by atoms with van der Waals surface area (Å²) in [5.41, 5.74) is 4.63. The van der Waals surface area contributed by atoms with E-state index in [1.165, 1.54) is 5.56 Å². The Kier molecular flexibility index (Phi) is 3.40. The Morgan fingerprint density at radius 2 is 2.12 bits per heavy atom. The molecule has 0 spiro atoms. The third kappa shape index (κ3) is 2.21. The molecule has 3 aromatic rings. The average molecular weight is 323 g/mol. The van der Waals surface area contributed by atoms with Crippen LogP contribution in [0.1, 0.15) is 46.3 Å². The Morgan fingerprint density at radius 3 is 2.83 bits per heavy atom. The second-order valence-corrected chi connectivity index (χ2v) is 6.46. The highest BCUT2D eigenvalue weighted by Gasteiger charge is 2.34. The van der Waals surface area contributed by atoms with Gasteiger partial charge in [0.2, 0.25) is 0 Å². The molecule has 0 radical (unpaired) electrons. The largest absolute Gasteiger partial charge is 0.330 e. The van der Waals surface area contributed by atoms with Crippen molar-refractivity contribution in [3.8, 4) is 0 Å². The van der Waals surface area contributed by atoms with Crippen LogP contribution in [0.5, 0.6) is 0 Å². The quantitative estimate of drug-likeness (QED) is 0.728. The molecule has 6 nitrogen and oxygen atoms in total. The predicted octanol–water partition coefficient (Wildman–Crippen LogP) is 2.66. The number of carbonyl (C=O) groups is 1. The van der Waals surface area contributed by atoms with Gasteiger partial charge in [0.25, 0.3) is 5.91 Å². The number of hydrogen-bond acceptors (Lipinski definition) is 3. The number of likely N-dealkylation sites (tertiary alicyclic amines) is 1. The van der Waals surface area contributed by atoms with E-state index in [2.05, 4.69) is 17.0 Å². The average Bonchev–Trinajstić information content (AvgIpc) is 3.25. The molecular weight excluding hydrogens is 302 g/mol. The number of aryl methyl sites for hydroxylation is 2. The molecule has 0 bridgehead atoms. The number of rotatable bonds is 2. The van der Waals surface area contributed by atoms with E-state index in [9.17, 15) is 4.79 Å². The minimum absolute atomic E-state index is 0.00357. The van der Waals surface area contributed by atoms with Crippen LogP contribution >= 0.6 is 0 Å². The summed E-state index contributed by atoms with van der Waals surface area (Å²) in [4.78, 5) is 19.5. The first-order chi connectivity index (χ1) is 11.6. The second-order valence-electron chi connectivity index (χ2n) is 6.46. The molecule has 0 aliphatic carbocycles. The minimum Gasteiger partial charge on any atom is -0.330 e. The Balaban J connectivity index is 1.70.